The van der Waals surface area contributed by atoms with Crippen LogP contribution in [-0.2, 0) is 10.3 Å². The first-order chi connectivity index (χ1) is 11.1. The number of halogens is 3. The first kappa shape index (κ1) is 18.8. The lowest BCUT2D eigenvalue weighted by atomic mass is 10.1. The third-order valence-electron chi connectivity index (χ3n) is 3.62. The highest BCUT2D eigenvalue weighted by molar-refractivity contribution is 5.92. The molecule has 0 radical (unpaired) electrons. The lowest BCUT2D eigenvalue weighted by Gasteiger charge is -2.22. The molecule has 0 spiro atoms. The standard InChI is InChI=1S/C16H24F3N3O2/c1-15(2,3)22-13(11-5-6-11)9-12(21-22)14(23)20-7-4-8-24-10-16(17,18)19/h9,11H,4-8,10H2,1-3H3,(H,20,23). The quantitative estimate of drug-likeness (QED) is 0.771. The molecule has 1 aromatic heterocycles. The van der Waals surface area contributed by atoms with E-state index in [0.29, 0.717) is 18.0 Å². The third-order valence-corrected chi connectivity index (χ3v) is 3.62. The van der Waals surface area contributed by atoms with Crippen LogP contribution in [0.1, 0.15) is 62.1 Å². The molecular formula is C16H24F3N3O2. The van der Waals surface area contributed by atoms with Gasteiger partial charge in [-0.1, -0.05) is 0 Å². The van der Waals surface area contributed by atoms with Crippen molar-refractivity contribution in [1.82, 2.24) is 15.1 Å². The average molecular weight is 347 g/mol. The first-order valence-electron chi connectivity index (χ1n) is 8.11. The van der Waals surface area contributed by atoms with E-state index < -0.39 is 12.8 Å². The molecule has 0 bridgehead atoms. The monoisotopic (exact) mass is 347 g/mol. The van der Waals surface area contributed by atoms with Crippen molar-refractivity contribution in [3.05, 3.63) is 17.5 Å². The van der Waals surface area contributed by atoms with Crippen LogP contribution < -0.4 is 5.32 Å². The van der Waals surface area contributed by atoms with Gasteiger partial charge in [0, 0.05) is 24.8 Å². The summed E-state index contributed by atoms with van der Waals surface area (Å²) in [5.41, 5.74) is 1.21. The van der Waals surface area contributed by atoms with E-state index in [9.17, 15) is 18.0 Å². The zero-order chi connectivity index (χ0) is 18.0. The predicted octanol–water partition coefficient (Wildman–Crippen LogP) is 3.21. The van der Waals surface area contributed by atoms with Crippen molar-refractivity contribution < 1.29 is 22.7 Å². The van der Waals surface area contributed by atoms with Gasteiger partial charge in [0.25, 0.3) is 5.91 Å². The van der Waals surface area contributed by atoms with Crippen LogP contribution in [0.3, 0.4) is 0 Å². The van der Waals surface area contributed by atoms with Crippen molar-refractivity contribution in [2.24, 2.45) is 0 Å². The van der Waals surface area contributed by atoms with E-state index in [4.69, 9.17) is 0 Å². The van der Waals surface area contributed by atoms with E-state index >= 15 is 0 Å². The molecule has 1 aliphatic rings. The zero-order valence-electron chi connectivity index (χ0n) is 14.2. The number of rotatable bonds is 7. The molecule has 1 heterocycles. The van der Waals surface area contributed by atoms with E-state index in [0.717, 1.165) is 18.5 Å². The summed E-state index contributed by atoms with van der Waals surface area (Å²) in [6, 6.07) is 1.82. The fourth-order valence-corrected chi connectivity index (χ4v) is 2.37. The molecule has 1 aliphatic carbocycles. The Morgan fingerprint density at radius 2 is 2.04 bits per heavy atom. The third kappa shape index (κ3) is 5.51. The maximum absolute atomic E-state index is 12.2. The number of nitrogens with one attached hydrogen (secondary N) is 1. The maximum atomic E-state index is 12.2. The van der Waals surface area contributed by atoms with Gasteiger partial charge >= 0.3 is 6.18 Å². The van der Waals surface area contributed by atoms with Gasteiger partial charge in [0.2, 0.25) is 0 Å². The molecule has 0 atom stereocenters. The summed E-state index contributed by atoms with van der Waals surface area (Å²) >= 11 is 0. The van der Waals surface area contributed by atoms with Crippen LogP contribution in [0.2, 0.25) is 0 Å². The van der Waals surface area contributed by atoms with Crippen LogP contribution in [0.25, 0.3) is 0 Å². The topological polar surface area (TPSA) is 56.2 Å². The molecule has 1 saturated carbocycles. The van der Waals surface area contributed by atoms with Crippen LogP contribution in [0, 0.1) is 0 Å². The number of carbonyl (C=O) groups excluding carboxylic acids is 1. The van der Waals surface area contributed by atoms with Crippen molar-refractivity contribution in [3.8, 4) is 0 Å². The number of aromatic nitrogens is 2. The molecule has 24 heavy (non-hydrogen) atoms. The molecule has 1 aromatic rings. The maximum Gasteiger partial charge on any atom is 0.411 e. The molecule has 2 rings (SSSR count). The van der Waals surface area contributed by atoms with Crippen molar-refractivity contribution in [1.29, 1.82) is 0 Å². The van der Waals surface area contributed by atoms with E-state index in [1.54, 1.807) is 0 Å². The van der Waals surface area contributed by atoms with E-state index in [2.05, 4.69) is 15.2 Å². The molecule has 0 saturated heterocycles. The molecule has 1 N–H and O–H groups in total. The number of nitrogens with zero attached hydrogens (tertiary/aromatic N) is 2. The van der Waals surface area contributed by atoms with Crippen LogP contribution in [0.5, 0.6) is 0 Å². The highest BCUT2D eigenvalue weighted by Crippen LogP contribution is 2.41. The van der Waals surface area contributed by atoms with E-state index in [1.807, 2.05) is 31.5 Å². The second-order valence-electron chi connectivity index (χ2n) is 7.09. The summed E-state index contributed by atoms with van der Waals surface area (Å²) in [6.45, 7) is 5.03. The minimum atomic E-state index is -4.32. The van der Waals surface area contributed by atoms with Gasteiger partial charge in [-0.2, -0.15) is 18.3 Å². The fourth-order valence-electron chi connectivity index (χ4n) is 2.37. The van der Waals surface area contributed by atoms with E-state index in [-0.39, 0.29) is 24.6 Å². The summed E-state index contributed by atoms with van der Waals surface area (Å²) in [6.07, 6.45) is -1.78. The fraction of sp³-hybridized carbons (Fsp3) is 0.750. The molecule has 0 unspecified atom stereocenters. The second-order valence-corrected chi connectivity index (χ2v) is 7.09. The Kier molecular flexibility index (Phi) is 5.57. The van der Waals surface area contributed by atoms with Gasteiger partial charge in [0.1, 0.15) is 12.3 Å². The Labute approximate surface area is 139 Å². The smallest absolute Gasteiger partial charge is 0.372 e. The molecule has 5 nitrogen and oxygen atoms in total. The average Bonchev–Trinajstić information content (AvgIpc) is 3.18. The molecule has 0 aromatic carbocycles. The predicted molar refractivity (Wildman–Crippen MR) is 83.0 cm³/mol. The SMILES string of the molecule is CC(C)(C)n1nc(C(=O)NCCCOCC(F)(F)F)cc1C1CC1. The molecule has 8 heteroatoms. The summed E-state index contributed by atoms with van der Waals surface area (Å²) in [4.78, 5) is 12.2. The number of alkyl halides is 3. The van der Waals surface area contributed by atoms with Gasteiger partial charge in [0.15, 0.2) is 0 Å². The largest absolute Gasteiger partial charge is 0.411 e. The number of carbonyl (C=O) groups is 1. The molecular weight excluding hydrogens is 323 g/mol. The normalized spacial score (nSPS) is 15.6. The van der Waals surface area contributed by atoms with Crippen molar-refractivity contribution >= 4 is 5.91 Å². The first-order valence-corrected chi connectivity index (χ1v) is 8.11. The Balaban J connectivity index is 1.82. The van der Waals surface area contributed by atoms with Crippen LogP contribution in [-0.4, -0.2) is 41.6 Å². The van der Waals surface area contributed by atoms with Crippen molar-refractivity contribution in [3.63, 3.8) is 0 Å². The Bertz CT molecular complexity index is 572. The van der Waals surface area contributed by atoms with Gasteiger partial charge in [-0.25, -0.2) is 0 Å². The minimum Gasteiger partial charge on any atom is -0.372 e. The van der Waals surface area contributed by atoms with Crippen LogP contribution in [0.4, 0.5) is 13.2 Å². The molecule has 136 valence electrons. The highest BCUT2D eigenvalue weighted by Gasteiger charge is 2.32. The second kappa shape index (κ2) is 7.13. The lowest BCUT2D eigenvalue weighted by Crippen LogP contribution is -2.28. The van der Waals surface area contributed by atoms with Gasteiger partial charge in [-0.3, -0.25) is 9.48 Å². The summed E-state index contributed by atoms with van der Waals surface area (Å²) in [5, 5.41) is 7.09. The van der Waals surface area contributed by atoms with Crippen LogP contribution >= 0.6 is 0 Å². The van der Waals surface area contributed by atoms with Gasteiger partial charge in [-0.05, 0) is 46.1 Å². The Morgan fingerprint density at radius 1 is 1.38 bits per heavy atom. The van der Waals surface area contributed by atoms with Gasteiger partial charge in [0.05, 0.1) is 5.54 Å². The Morgan fingerprint density at radius 3 is 2.58 bits per heavy atom. The van der Waals surface area contributed by atoms with Crippen LogP contribution in [0.15, 0.2) is 6.07 Å². The minimum absolute atomic E-state index is 0.0520. The van der Waals surface area contributed by atoms with Crippen molar-refractivity contribution in [2.45, 2.75) is 57.7 Å². The summed E-state index contributed by atoms with van der Waals surface area (Å²) in [5.74, 6) is 0.157. The van der Waals surface area contributed by atoms with E-state index in [1.165, 1.54) is 0 Å². The van der Waals surface area contributed by atoms with Crippen molar-refractivity contribution in [2.75, 3.05) is 19.8 Å². The number of ether oxygens (including phenoxy) is 1. The molecule has 1 fully saturated rings. The van der Waals surface area contributed by atoms with Gasteiger partial charge in [-0.15, -0.1) is 0 Å². The highest BCUT2D eigenvalue weighted by atomic mass is 19.4. The summed E-state index contributed by atoms with van der Waals surface area (Å²) in [7, 11) is 0. The summed E-state index contributed by atoms with van der Waals surface area (Å²) < 4.78 is 42.1. The number of hydrogen-bond donors (Lipinski definition) is 1. The number of hydrogen-bond acceptors (Lipinski definition) is 3. The zero-order valence-corrected chi connectivity index (χ0v) is 14.2. The Hall–Kier alpha value is -1.57. The number of amides is 1. The molecule has 1 amide bonds. The van der Waals surface area contributed by atoms with Gasteiger partial charge < -0.3 is 10.1 Å². The molecule has 0 aliphatic heterocycles. The lowest BCUT2D eigenvalue weighted by molar-refractivity contribution is -0.173.